The summed E-state index contributed by atoms with van der Waals surface area (Å²) in [5, 5.41) is 8.99. The van der Waals surface area contributed by atoms with Gasteiger partial charge in [0.2, 0.25) is 0 Å². The largest absolute Gasteiger partial charge is 0.464 e. The van der Waals surface area contributed by atoms with Crippen LogP contribution in [-0.2, 0) is 12.8 Å². The predicted octanol–water partition coefficient (Wildman–Crippen LogP) is 2.63. The quantitative estimate of drug-likeness (QED) is 0.795. The molecule has 0 amide bonds. The number of para-hydroxylation sites is 1. The summed E-state index contributed by atoms with van der Waals surface area (Å²) in [6.07, 6.45) is 3.17. The number of hydrogen-bond donors (Lipinski definition) is 2. The van der Waals surface area contributed by atoms with Gasteiger partial charge in [-0.15, -0.1) is 0 Å². The summed E-state index contributed by atoms with van der Waals surface area (Å²) in [5.74, 6) is 0.838. The monoisotopic (exact) mass is 231 g/mol. The highest BCUT2D eigenvalue weighted by Crippen LogP contribution is 2.32. The molecular formula is C14H17NO2. The van der Waals surface area contributed by atoms with E-state index in [2.05, 4.69) is 6.92 Å². The van der Waals surface area contributed by atoms with Crippen molar-refractivity contribution in [2.24, 2.45) is 0 Å². The van der Waals surface area contributed by atoms with Gasteiger partial charge in [-0.3, -0.25) is 0 Å². The van der Waals surface area contributed by atoms with Crippen LogP contribution in [0.15, 0.2) is 34.9 Å². The number of nitrogen functional groups attached to an aromatic ring is 1. The third-order valence-electron chi connectivity index (χ3n) is 2.95. The van der Waals surface area contributed by atoms with Crippen molar-refractivity contribution in [3.63, 3.8) is 0 Å². The number of aryl methyl sites for hydroxylation is 1. The average Bonchev–Trinajstić information content (AvgIpc) is 2.80. The van der Waals surface area contributed by atoms with E-state index in [-0.39, 0.29) is 6.61 Å². The number of nitrogens with two attached hydrogens (primary N) is 1. The van der Waals surface area contributed by atoms with Gasteiger partial charge in [-0.2, -0.15) is 0 Å². The van der Waals surface area contributed by atoms with Crippen LogP contribution in [0.5, 0.6) is 0 Å². The first-order chi connectivity index (χ1) is 8.27. The van der Waals surface area contributed by atoms with Crippen molar-refractivity contribution in [2.45, 2.75) is 19.8 Å². The molecule has 90 valence electrons. The van der Waals surface area contributed by atoms with Gasteiger partial charge in [-0.25, -0.2) is 0 Å². The van der Waals surface area contributed by atoms with Crippen LogP contribution in [-0.4, -0.2) is 11.7 Å². The van der Waals surface area contributed by atoms with Gasteiger partial charge in [0.05, 0.1) is 6.26 Å². The van der Waals surface area contributed by atoms with Crippen LogP contribution >= 0.6 is 0 Å². The summed E-state index contributed by atoms with van der Waals surface area (Å²) in [6, 6.07) is 7.80. The molecule has 1 aromatic carbocycles. The summed E-state index contributed by atoms with van der Waals surface area (Å²) in [6.45, 7) is 2.19. The number of aliphatic hydroxyl groups is 1. The summed E-state index contributed by atoms with van der Waals surface area (Å²) < 4.78 is 5.51. The van der Waals surface area contributed by atoms with Crippen molar-refractivity contribution in [3.8, 4) is 11.3 Å². The molecule has 17 heavy (non-hydrogen) atoms. The Hall–Kier alpha value is -1.74. The Morgan fingerprint density at radius 1 is 1.24 bits per heavy atom. The fourth-order valence-corrected chi connectivity index (χ4v) is 2.00. The molecule has 3 heteroatoms. The van der Waals surface area contributed by atoms with Crippen molar-refractivity contribution >= 4 is 5.69 Å². The van der Waals surface area contributed by atoms with Gasteiger partial charge < -0.3 is 15.3 Å². The molecule has 0 bridgehead atoms. The molecule has 0 aliphatic carbocycles. The minimum absolute atomic E-state index is 0.104. The maximum absolute atomic E-state index is 8.99. The molecule has 0 radical (unpaired) electrons. The molecule has 0 spiro atoms. The maximum Gasteiger partial charge on any atom is 0.139 e. The van der Waals surface area contributed by atoms with E-state index >= 15 is 0 Å². The van der Waals surface area contributed by atoms with Crippen LogP contribution in [0.1, 0.15) is 18.1 Å². The Bertz CT molecular complexity index is 503. The van der Waals surface area contributed by atoms with E-state index in [9.17, 15) is 0 Å². The van der Waals surface area contributed by atoms with Crippen LogP contribution in [0.2, 0.25) is 0 Å². The molecule has 3 nitrogen and oxygen atoms in total. The molecule has 0 saturated heterocycles. The highest BCUT2D eigenvalue weighted by atomic mass is 16.3. The smallest absolute Gasteiger partial charge is 0.139 e. The van der Waals surface area contributed by atoms with Gasteiger partial charge in [-0.1, -0.05) is 19.1 Å². The molecule has 0 aliphatic heterocycles. The number of anilines is 1. The lowest BCUT2D eigenvalue weighted by Gasteiger charge is -2.09. The van der Waals surface area contributed by atoms with Crippen LogP contribution in [0, 0.1) is 0 Å². The van der Waals surface area contributed by atoms with E-state index in [1.54, 1.807) is 6.26 Å². The van der Waals surface area contributed by atoms with Crippen molar-refractivity contribution in [1.29, 1.82) is 0 Å². The van der Waals surface area contributed by atoms with E-state index in [1.807, 2.05) is 24.3 Å². The van der Waals surface area contributed by atoms with E-state index in [1.165, 1.54) is 0 Å². The highest BCUT2D eigenvalue weighted by molar-refractivity contribution is 5.77. The first kappa shape index (κ1) is 11.7. The fraction of sp³-hybridized carbons (Fsp3) is 0.286. The van der Waals surface area contributed by atoms with E-state index in [0.29, 0.717) is 12.1 Å². The zero-order valence-corrected chi connectivity index (χ0v) is 9.94. The van der Waals surface area contributed by atoms with Crippen molar-refractivity contribution in [1.82, 2.24) is 0 Å². The number of furan rings is 1. The van der Waals surface area contributed by atoms with Crippen LogP contribution in [0.25, 0.3) is 11.3 Å². The summed E-state index contributed by atoms with van der Waals surface area (Å²) in [7, 11) is 0. The Kier molecular flexibility index (Phi) is 3.49. The molecule has 1 aromatic heterocycles. The summed E-state index contributed by atoms with van der Waals surface area (Å²) in [4.78, 5) is 0. The minimum atomic E-state index is 0.104. The number of benzene rings is 1. The number of aliphatic hydroxyl groups excluding tert-OH is 1. The molecule has 2 aromatic rings. The molecule has 0 fully saturated rings. The van der Waals surface area contributed by atoms with E-state index in [4.69, 9.17) is 15.3 Å². The van der Waals surface area contributed by atoms with Crippen LogP contribution in [0.3, 0.4) is 0 Å². The SMILES string of the molecule is CCc1ccoc1-c1cccc(CCO)c1N. The van der Waals surface area contributed by atoms with Crippen LogP contribution in [0.4, 0.5) is 5.69 Å². The molecule has 0 saturated carbocycles. The topological polar surface area (TPSA) is 59.4 Å². The second kappa shape index (κ2) is 5.06. The molecule has 2 rings (SSSR count). The Morgan fingerprint density at radius 3 is 2.76 bits per heavy atom. The van der Waals surface area contributed by atoms with Gasteiger partial charge >= 0.3 is 0 Å². The Morgan fingerprint density at radius 2 is 2.06 bits per heavy atom. The van der Waals surface area contributed by atoms with E-state index in [0.717, 1.165) is 28.9 Å². The van der Waals surface area contributed by atoms with E-state index < -0.39 is 0 Å². The second-order valence-corrected chi connectivity index (χ2v) is 3.98. The Balaban J connectivity index is 2.49. The van der Waals surface area contributed by atoms with Crippen LogP contribution < -0.4 is 5.73 Å². The fourth-order valence-electron chi connectivity index (χ4n) is 2.00. The van der Waals surface area contributed by atoms with Gasteiger partial charge in [0.15, 0.2) is 0 Å². The molecule has 0 unspecified atom stereocenters. The molecule has 0 aliphatic rings. The lowest BCUT2D eigenvalue weighted by atomic mass is 10.0. The lowest BCUT2D eigenvalue weighted by Crippen LogP contribution is -2.00. The van der Waals surface area contributed by atoms with Crippen molar-refractivity contribution in [2.75, 3.05) is 12.3 Å². The van der Waals surface area contributed by atoms with Crippen molar-refractivity contribution < 1.29 is 9.52 Å². The third kappa shape index (κ3) is 2.19. The maximum atomic E-state index is 8.99. The van der Waals surface area contributed by atoms with Gasteiger partial charge in [-0.05, 0) is 36.1 Å². The van der Waals surface area contributed by atoms with Gasteiger partial charge in [0.25, 0.3) is 0 Å². The molecule has 1 heterocycles. The lowest BCUT2D eigenvalue weighted by molar-refractivity contribution is 0.300. The molecule has 0 atom stereocenters. The van der Waals surface area contributed by atoms with Crippen molar-refractivity contribution in [3.05, 3.63) is 41.7 Å². The molecular weight excluding hydrogens is 214 g/mol. The zero-order valence-electron chi connectivity index (χ0n) is 9.94. The van der Waals surface area contributed by atoms with Gasteiger partial charge in [0.1, 0.15) is 5.76 Å². The number of rotatable bonds is 4. The third-order valence-corrected chi connectivity index (χ3v) is 2.95. The minimum Gasteiger partial charge on any atom is -0.464 e. The van der Waals surface area contributed by atoms with Gasteiger partial charge in [0, 0.05) is 17.9 Å². The summed E-state index contributed by atoms with van der Waals surface area (Å²) in [5.41, 5.74) is 9.84. The average molecular weight is 231 g/mol. The normalized spacial score (nSPS) is 10.7. The predicted molar refractivity (Wildman–Crippen MR) is 68.7 cm³/mol. The second-order valence-electron chi connectivity index (χ2n) is 3.98. The first-order valence-electron chi connectivity index (χ1n) is 5.82. The summed E-state index contributed by atoms with van der Waals surface area (Å²) >= 11 is 0. The highest BCUT2D eigenvalue weighted by Gasteiger charge is 2.12. The number of hydrogen-bond acceptors (Lipinski definition) is 3. The standard InChI is InChI=1S/C14H17NO2/c1-2-10-7-9-17-14(10)12-5-3-4-11(6-8-16)13(12)15/h3-5,7,9,16H,2,6,8,15H2,1H3. The Labute approximate surface area is 101 Å². The first-order valence-corrected chi connectivity index (χ1v) is 5.82. The zero-order chi connectivity index (χ0) is 12.3. The molecule has 3 N–H and O–H groups in total.